The minimum atomic E-state index is -0.384. The standard InChI is InChI=1S/C17H25N5O3/c1-21-10-18-15(20-21)17(24)22-9-8-13-12(22)6-7-14(25-13)16(23)19-11-4-2-3-5-11/h10-14H,2-9H2,1H3,(H,19,23)/t12-,13-,14-/m1/s1. The van der Waals surface area contributed by atoms with Crippen molar-refractivity contribution in [2.75, 3.05) is 6.54 Å². The number of rotatable bonds is 3. The lowest BCUT2D eigenvalue weighted by molar-refractivity contribution is -0.143. The van der Waals surface area contributed by atoms with Crippen LogP contribution >= 0.6 is 0 Å². The maximum absolute atomic E-state index is 12.6. The molecular weight excluding hydrogens is 322 g/mol. The molecule has 25 heavy (non-hydrogen) atoms. The van der Waals surface area contributed by atoms with E-state index < -0.39 is 0 Å². The van der Waals surface area contributed by atoms with E-state index in [0.717, 1.165) is 25.7 Å². The normalized spacial score (nSPS) is 29.6. The largest absolute Gasteiger partial charge is 0.363 e. The molecule has 8 nitrogen and oxygen atoms in total. The van der Waals surface area contributed by atoms with Gasteiger partial charge in [0.15, 0.2) is 0 Å². The van der Waals surface area contributed by atoms with Gasteiger partial charge in [-0.3, -0.25) is 14.3 Å². The number of aromatic nitrogens is 3. The van der Waals surface area contributed by atoms with E-state index >= 15 is 0 Å². The number of aryl methyl sites for hydroxylation is 1. The number of nitrogens with zero attached hydrogens (tertiary/aromatic N) is 4. The fourth-order valence-electron chi connectivity index (χ4n) is 4.30. The molecule has 1 saturated carbocycles. The van der Waals surface area contributed by atoms with E-state index in [1.165, 1.54) is 23.9 Å². The maximum atomic E-state index is 12.6. The molecule has 3 aliphatic rings. The van der Waals surface area contributed by atoms with E-state index in [0.29, 0.717) is 19.0 Å². The number of likely N-dealkylation sites (tertiary alicyclic amines) is 1. The number of amides is 2. The van der Waals surface area contributed by atoms with E-state index in [9.17, 15) is 9.59 Å². The van der Waals surface area contributed by atoms with Crippen molar-refractivity contribution in [1.82, 2.24) is 25.0 Å². The highest BCUT2D eigenvalue weighted by Gasteiger charge is 2.44. The van der Waals surface area contributed by atoms with Gasteiger partial charge < -0.3 is 15.0 Å². The molecule has 3 atom stereocenters. The summed E-state index contributed by atoms with van der Waals surface area (Å²) in [5.41, 5.74) is 0. The Balaban J connectivity index is 1.36. The zero-order chi connectivity index (χ0) is 17.4. The third-order valence-corrected chi connectivity index (χ3v) is 5.59. The zero-order valence-electron chi connectivity index (χ0n) is 14.6. The zero-order valence-corrected chi connectivity index (χ0v) is 14.6. The Morgan fingerprint density at radius 3 is 2.72 bits per heavy atom. The molecule has 3 fully saturated rings. The summed E-state index contributed by atoms with van der Waals surface area (Å²) >= 11 is 0. The van der Waals surface area contributed by atoms with Crippen molar-refractivity contribution >= 4 is 11.8 Å². The van der Waals surface area contributed by atoms with Gasteiger partial charge in [-0.15, -0.1) is 5.10 Å². The molecule has 0 unspecified atom stereocenters. The number of carbonyl (C=O) groups excluding carboxylic acids is 2. The first-order valence-corrected chi connectivity index (χ1v) is 9.24. The lowest BCUT2D eigenvalue weighted by atomic mass is 9.98. The second-order valence-corrected chi connectivity index (χ2v) is 7.33. The van der Waals surface area contributed by atoms with Crippen molar-refractivity contribution < 1.29 is 14.3 Å². The molecule has 136 valence electrons. The lowest BCUT2D eigenvalue weighted by Gasteiger charge is -2.35. The van der Waals surface area contributed by atoms with Crippen molar-refractivity contribution in [2.24, 2.45) is 7.05 Å². The van der Waals surface area contributed by atoms with Crippen LogP contribution in [-0.2, 0) is 16.6 Å². The molecule has 3 heterocycles. The van der Waals surface area contributed by atoms with Crippen molar-refractivity contribution in [3.8, 4) is 0 Å². The molecule has 0 spiro atoms. The average molecular weight is 347 g/mol. The van der Waals surface area contributed by atoms with Gasteiger partial charge >= 0.3 is 0 Å². The van der Waals surface area contributed by atoms with Crippen molar-refractivity contribution in [3.63, 3.8) is 0 Å². The summed E-state index contributed by atoms with van der Waals surface area (Å²) in [5, 5.41) is 7.23. The van der Waals surface area contributed by atoms with E-state index in [1.54, 1.807) is 7.05 Å². The molecule has 1 aromatic heterocycles. The summed E-state index contributed by atoms with van der Waals surface area (Å²) in [6, 6.07) is 0.331. The molecular formula is C17H25N5O3. The summed E-state index contributed by atoms with van der Waals surface area (Å²) < 4.78 is 7.58. The van der Waals surface area contributed by atoms with Crippen LogP contribution < -0.4 is 5.32 Å². The van der Waals surface area contributed by atoms with E-state index in [2.05, 4.69) is 15.4 Å². The SMILES string of the molecule is Cn1cnc(C(=O)N2CC[C@H]3O[C@@H](C(=O)NC4CCCC4)CC[C@H]32)n1. The number of fused-ring (bicyclic) bond motifs is 1. The van der Waals surface area contributed by atoms with Gasteiger partial charge in [-0.05, 0) is 32.1 Å². The summed E-state index contributed by atoms with van der Waals surface area (Å²) in [6.45, 7) is 0.628. The fraction of sp³-hybridized carbons (Fsp3) is 0.765. The van der Waals surface area contributed by atoms with Gasteiger partial charge in [0, 0.05) is 19.6 Å². The van der Waals surface area contributed by atoms with Crippen LogP contribution in [0.5, 0.6) is 0 Å². The van der Waals surface area contributed by atoms with Gasteiger partial charge in [-0.1, -0.05) is 12.8 Å². The van der Waals surface area contributed by atoms with E-state index in [1.807, 2.05) is 4.90 Å². The second-order valence-electron chi connectivity index (χ2n) is 7.33. The van der Waals surface area contributed by atoms with Gasteiger partial charge in [-0.25, -0.2) is 4.98 Å². The first-order chi connectivity index (χ1) is 12.1. The first-order valence-electron chi connectivity index (χ1n) is 9.24. The number of ether oxygens (including phenoxy) is 1. The molecule has 1 aliphatic carbocycles. The summed E-state index contributed by atoms with van der Waals surface area (Å²) in [4.78, 5) is 30.9. The third-order valence-electron chi connectivity index (χ3n) is 5.59. The Kier molecular flexibility index (Phi) is 4.45. The maximum Gasteiger partial charge on any atom is 0.293 e. The Hall–Kier alpha value is -1.96. The molecule has 4 rings (SSSR count). The minimum absolute atomic E-state index is 0.0153. The Bertz CT molecular complexity index is 654. The van der Waals surface area contributed by atoms with Crippen LogP contribution in [0, 0.1) is 0 Å². The molecule has 2 amide bonds. The van der Waals surface area contributed by atoms with Crippen molar-refractivity contribution in [3.05, 3.63) is 12.2 Å². The summed E-state index contributed by atoms with van der Waals surface area (Å²) in [7, 11) is 1.74. The highest BCUT2D eigenvalue weighted by molar-refractivity contribution is 5.91. The Morgan fingerprint density at radius 2 is 2.00 bits per heavy atom. The van der Waals surface area contributed by atoms with Gasteiger partial charge in [0.2, 0.25) is 11.7 Å². The molecule has 2 aliphatic heterocycles. The second kappa shape index (κ2) is 6.74. The van der Waals surface area contributed by atoms with Crippen LogP contribution in [0.2, 0.25) is 0 Å². The summed E-state index contributed by atoms with van der Waals surface area (Å²) in [6.07, 6.45) is 7.81. The number of hydrogen-bond donors (Lipinski definition) is 1. The predicted octanol–water partition coefficient (Wildman–Crippen LogP) is 0.636. The Labute approximate surface area is 146 Å². The van der Waals surface area contributed by atoms with Crippen LogP contribution in [-0.4, -0.2) is 62.3 Å². The molecule has 1 aromatic rings. The van der Waals surface area contributed by atoms with E-state index in [-0.39, 0.29) is 35.9 Å². The first kappa shape index (κ1) is 16.5. The molecule has 0 aromatic carbocycles. The summed E-state index contributed by atoms with van der Waals surface area (Å²) in [5.74, 6) is 0.0938. The van der Waals surface area contributed by atoms with Crippen LogP contribution in [0.3, 0.4) is 0 Å². The molecule has 8 heteroatoms. The molecule has 0 bridgehead atoms. The topological polar surface area (TPSA) is 89.4 Å². The molecule has 2 saturated heterocycles. The van der Waals surface area contributed by atoms with Gasteiger partial charge in [-0.2, -0.15) is 0 Å². The van der Waals surface area contributed by atoms with Gasteiger partial charge in [0.1, 0.15) is 12.4 Å². The fourth-order valence-corrected chi connectivity index (χ4v) is 4.30. The minimum Gasteiger partial charge on any atom is -0.363 e. The predicted molar refractivity (Wildman–Crippen MR) is 88.7 cm³/mol. The number of carbonyl (C=O) groups is 2. The van der Waals surface area contributed by atoms with E-state index in [4.69, 9.17) is 4.74 Å². The van der Waals surface area contributed by atoms with Gasteiger partial charge in [0.05, 0.1) is 12.1 Å². The highest BCUT2D eigenvalue weighted by atomic mass is 16.5. The average Bonchev–Trinajstić information content (AvgIpc) is 3.34. The third kappa shape index (κ3) is 3.27. The number of nitrogens with one attached hydrogen (secondary N) is 1. The lowest BCUT2D eigenvalue weighted by Crippen LogP contribution is -2.50. The smallest absolute Gasteiger partial charge is 0.293 e. The monoisotopic (exact) mass is 347 g/mol. The van der Waals surface area contributed by atoms with Crippen LogP contribution in [0.4, 0.5) is 0 Å². The van der Waals surface area contributed by atoms with Crippen LogP contribution in [0.15, 0.2) is 6.33 Å². The quantitative estimate of drug-likeness (QED) is 0.866. The molecule has 0 radical (unpaired) electrons. The molecule has 1 N–H and O–H groups in total. The van der Waals surface area contributed by atoms with Crippen LogP contribution in [0.1, 0.15) is 55.6 Å². The van der Waals surface area contributed by atoms with Gasteiger partial charge in [0.25, 0.3) is 5.91 Å². The van der Waals surface area contributed by atoms with Crippen molar-refractivity contribution in [1.29, 1.82) is 0 Å². The van der Waals surface area contributed by atoms with Crippen LogP contribution in [0.25, 0.3) is 0 Å². The Morgan fingerprint density at radius 1 is 1.20 bits per heavy atom. The number of hydrogen-bond acceptors (Lipinski definition) is 5. The highest BCUT2D eigenvalue weighted by Crippen LogP contribution is 2.32. The van der Waals surface area contributed by atoms with Crippen molar-refractivity contribution in [2.45, 2.75) is 69.2 Å².